The molecule has 138 valence electrons. The van der Waals surface area contributed by atoms with E-state index in [1.54, 1.807) is 17.4 Å². The number of hydrogen-bond acceptors (Lipinski definition) is 2. The van der Waals surface area contributed by atoms with Crippen molar-refractivity contribution in [3.8, 4) is 0 Å². The lowest BCUT2D eigenvalue weighted by Crippen LogP contribution is -2.49. The highest BCUT2D eigenvalue weighted by atomic mass is 19.1. The molecule has 26 heavy (non-hydrogen) atoms. The Bertz CT molecular complexity index is 789. The minimum absolute atomic E-state index is 0.193. The van der Waals surface area contributed by atoms with E-state index in [0.717, 1.165) is 31.5 Å². The molecule has 1 aliphatic heterocycles. The molecule has 2 aromatic rings. The van der Waals surface area contributed by atoms with E-state index in [1.807, 2.05) is 10.8 Å². The second-order valence-corrected chi connectivity index (χ2v) is 7.35. The molecule has 2 heterocycles. The Labute approximate surface area is 151 Å². The number of benzene rings is 1. The second kappa shape index (κ2) is 6.70. The molecule has 0 spiro atoms. The molecular weight excluding hydrogens is 338 g/mol. The van der Waals surface area contributed by atoms with Crippen LogP contribution in [-0.4, -0.2) is 33.6 Å². The lowest BCUT2D eigenvalue weighted by Gasteiger charge is -2.34. The Morgan fingerprint density at radius 3 is 2.92 bits per heavy atom. The number of carbonyl (C=O) groups excluding carboxylic acids is 1. The molecule has 1 saturated carbocycles. The molecule has 2 amide bonds. The highest BCUT2D eigenvalue weighted by Gasteiger charge is 2.48. The smallest absolute Gasteiger partial charge is 0.318 e. The minimum Gasteiger partial charge on any atom is -0.337 e. The van der Waals surface area contributed by atoms with Crippen LogP contribution in [0.15, 0.2) is 36.9 Å². The van der Waals surface area contributed by atoms with Crippen molar-refractivity contribution in [3.63, 3.8) is 0 Å². The third-order valence-electron chi connectivity index (χ3n) is 5.37. The Hall–Kier alpha value is -2.44. The Kier molecular flexibility index (Phi) is 4.38. The lowest BCUT2D eigenvalue weighted by molar-refractivity contribution is 0.155. The molecule has 7 heteroatoms. The fourth-order valence-electron chi connectivity index (χ4n) is 3.83. The average Bonchev–Trinajstić information content (AvgIpc) is 3.22. The topological polar surface area (TPSA) is 50.2 Å². The van der Waals surface area contributed by atoms with Gasteiger partial charge >= 0.3 is 6.03 Å². The van der Waals surface area contributed by atoms with Gasteiger partial charge in [-0.1, -0.05) is 0 Å². The maximum atomic E-state index is 14.1. The molecule has 1 aromatic heterocycles. The minimum atomic E-state index is -0.763. The van der Waals surface area contributed by atoms with Gasteiger partial charge in [0.05, 0.1) is 11.9 Å². The molecule has 4 rings (SSSR count). The summed E-state index contributed by atoms with van der Waals surface area (Å²) in [6.45, 7) is 2.17. The van der Waals surface area contributed by atoms with Gasteiger partial charge in [-0.15, -0.1) is 0 Å². The molecule has 0 radical (unpaired) electrons. The van der Waals surface area contributed by atoms with Crippen LogP contribution in [0.2, 0.25) is 0 Å². The molecule has 1 aliphatic carbocycles. The molecule has 0 bridgehead atoms. The van der Waals surface area contributed by atoms with Crippen LogP contribution in [0.3, 0.4) is 0 Å². The number of urea groups is 1. The number of piperidine rings is 1. The molecule has 1 aromatic carbocycles. The molecule has 1 saturated heterocycles. The zero-order chi connectivity index (χ0) is 18.1. The summed E-state index contributed by atoms with van der Waals surface area (Å²) in [6, 6.07) is 3.23. The van der Waals surface area contributed by atoms with Crippen molar-refractivity contribution in [2.45, 2.75) is 37.8 Å². The molecule has 2 aliphatic rings. The molecule has 5 nitrogen and oxygen atoms in total. The highest BCUT2D eigenvalue weighted by molar-refractivity contribution is 5.76. The summed E-state index contributed by atoms with van der Waals surface area (Å²) in [6.07, 6.45) is 8.71. The Balaban J connectivity index is 1.42. The second-order valence-electron chi connectivity index (χ2n) is 7.35. The summed E-state index contributed by atoms with van der Waals surface area (Å²) in [5.74, 6) is -0.592. The van der Waals surface area contributed by atoms with Crippen LogP contribution < -0.4 is 5.32 Å². The van der Waals surface area contributed by atoms with E-state index in [9.17, 15) is 13.6 Å². The van der Waals surface area contributed by atoms with Crippen molar-refractivity contribution < 1.29 is 13.6 Å². The molecule has 1 atom stereocenters. The summed E-state index contributed by atoms with van der Waals surface area (Å²) >= 11 is 0. The van der Waals surface area contributed by atoms with E-state index in [2.05, 4.69) is 10.3 Å². The van der Waals surface area contributed by atoms with Crippen molar-refractivity contribution in [2.75, 3.05) is 13.1 Å². The molecule has 1 N–H and O–H groups in total. The number of nitrogens with zero attached hydrogens (tertiary/aromatic N) is 3. The van der Waals surface area contributed by atoms with E-state index in [4.69, 9.17) is 0 Å². The SMILES string of the molecule is O=C(NC1(c2cc(F)ccc2F)CC1)N1CCC[C@H](Cn2ccnc2)C1. The van der Waals surface area contributed by atoms with E-state index in [0.29, 0.717) is 31.8 Å². The first-order valence-corrected chi connectivity index (χ1v) is 9.04. The molecule has 2 fully saturated rings. The van der Waals surface area contributed by atoms with Gasteiger partial charge in [0.2, 0.25) is 0 Å². The van der Waals surface area contributed by atoms with Gasteiger partial charge in [0.25, 0.3) is 0 Å². The molecular formula is C19H22F2N4O. The van der Waals surface area contributed by atoms with E-state index >= 15 is 0 Å². The number of halogens is 2. The number of aromatic nitrogens is 2. The summed E-state index contributed by atoms with van der Waals surface area (Å²) in [5, 5.41) is 2.96. The standard InChI is InChI=1S/C19H22F2N4O/c20-15-3-4-17(21)16(10-15)19(5-6-19)23-18(26)25-8-1-2-14(12-25)11-24-9-7-22-13-24/h3-4,7,9-10,13-14H,1-2,5-6,8,11-12H2,(H,23,26)/t14-/m1/s1. The third-order valence-corrected chi connectivity index (χ3v) is 5.37. The van der Waals surface area contributed by atoms with E-state index in [-0.39, 0.29) is 11.6 Å². The normalized spacial score (nSPS) is 21.5. The number of nitrogens with one attached hydrogen (secondary N) is 1. The van der Waals surface area contributed by atoms with Crippen molar-refractivity contribution in [1.82, 2.24) is 19.8 Å². The van der Waals surface area contributed by atoms with E-state index in [1.165, 1.54) is 6.07 Å². The van der Waals surface area contributed by atoms with Gasteiger partial charge in [0.1, 0.15) is 11.6 Å². The largest absolute Gasteiger partial charge is 0.337 e. The van der Waals surface area contributed by atoms with Crippen molar-refractivity contribution in [3.05, 3.63) is 54.1 Å². The number of likely N-dealkylation sites (tertiary alicyclic amines) is 1. The summed E-state index contributed by atoms with van der Waals surface area (Å²) in [7, 11) is 0. The fraction of sp³-hybridized carbons (Fsp3) is 0.474. The van der Waals surface area contributed by atoms with Crippen LogP contribution in [0.5, 0.6) is 0 Å². The number of amides is 2. The third kappa shape index (κ3) is 3.43. The van der Waals surface area contributed by atoms with Crippen LogP contribution in [0.4, 0.5) is 13.6 Å². The van der Waals surface area contributed by atoms with Crippen molar-refractivity contribution >= 4 is 6.03 Å². The summed E-state index contributed by atoms with van der Waals surface area (Å²) in [4.78, 5) is 18.6. The monoisotopic (exact) mass is 360 g/mol. The maximum Gasteiger partial charge on any atom is 0.318 e. The molecule has 0 unspecified atom stereocenters. The summed E-state index contributed by atoms with van der Waals surface area (Å²) < 4.78 is 29.7. The maximum absolute atomic E-state index is 14.1. The first-order valence-electron chi connectivity index (χ1n) is 9.04. The lowest BCUT2D eigenvalue weighted by atomic mass is 9.98. The van der Waals surface area contributed by atoms with Gasteiger partial charge in [-0.2, -0.15) is 0 Å². The van der Waals surface area contributed by atoms with Gasteiger partial charge in [-0.25, -0.2) is 18.6 Å². The highest BCUT2D eigenvalue weighted by Crippen LogP contribution is 2.46. The van der Waals surface area contributed by atoms with Crippen molar-refractivity contribution in [1.29, 1.82) is 0 Å². The van der Waals surface area contributed by atoms with Gasteiger partial charge in [0, 0.05) is 37.6 Å². The fourth-order valence-corrected chi connectivity index (χ4v) is 3.83. The van der Waals surface area contributed by atoms with Crippen molar-refractivity contribution in [2.24, 2.45) is 5.92 Å². The average molecular weight is 360 g/mol. The van der Waals surface area contributed by atoms with Crippen LogP contribution in [0, 0.1) is 17.6 Å². The van der Waals surface area contributed by atoms with Gasteiger partial charge in [-0.05, 0) is 49.8 Å². The number of imidazole rings is 1. The quantitative estimate of drug-likeness (QED) is 0.910. The predicted molar refractivity (Wildman–Crippen MR) is 92.3 cm³/mol. The first kappa shape index (κ1) is 17.0. The van der Waals surface area contributed by atoms with Gasteiger partial charge < -0.3 is 14.8 Å². The van der Waals surface area contributed by atoms with Crippen LogP contribution in [0.1, 0.15) is 31.2 Å². The first-order chi connectivity index (χ1) is 12.6. The number of carbonyl (C=O) groups is 1. The Morgan fingerprint density at radius 1 is 1.35 bits per heavy atom. The zero-order valence-corrected chi connectivity index (χ0v) is 14.5. The van der Waals surface area contributed by atoms with Crippen LogP contribution in [-0.2, 0) is 12.1 Å². The zero-order valence-electron chi connectivity index (χ0n) is 14.5. The Morgan fingerprint density at radius 2 is 2.19 bits per heavy atom. The number of hydrogen-bond donors (Lipinski definition) is 1. The van der Waals surface area contributed by atoms with E-state index < -0.39 is 17.2 Å². The van der Waals surface area contributed by atoms with Crippen LogP contribution >= 0.6 is 0 Å². The van der Waals surface area contributed by atoms with Crippen LogP contribution in [0.25, 0.3) is 0 Å². The number of rotatable bonds is 4. The van der Waals surface area contributed by atoms with Gasteiger partial charge in [-0.3, -0.25) is 0 Å². The predicted octanol–water partition coefficient (Wildman–Crippen LogP) is 3.27. The summed E-state index contributed by atoms with van der Waals surface area (Å²) in [5.41, 5.74) is -0.515. The van der Waals surface area contributed by atoms with Gasteiger partial charge in [0.15, 0.2) is 0 Å².